The first kappa shape index (κ1) is 26.7. The lowest BCUT2D eigenvalue weighted by Gasteiger charge is -2.11. The number of phosphoric acid groups is 2. The number of phosphoric ester groups is 1. The highest BCUT2D eigenvalue weighted by atomic mass is 31.3. The fraction of sp³-hybridized carbons (Fsp3) is 0.778. The molecule has 0 bridgehead atoms. The molecule has 0 radical (unpaired) electrons. The molecule has 1 unspecified atom stereocenters. The van der Waals surface area contributed by atoms with Crippen molar-refractivity contribution in [1.82, 2.24) is 0 Å². The second-order valence-corrected chi connectivity index (χ2v) is 9.87. The largest absolute Gasteiger partial charge is 0.481 e. The summed E-state index contributed by atoms with van der Waals surface area (Å²) in [5, 5.41) is 0. The van der Waals surface area contributed by atoms with Crippen molar-refractivity contribution in [2.45, 2.75) is 85.0 Å². The van der Waals surface area contributed by atoms with Crippen LogP contribution in [0.15, 0.2) is 23.3 Å². The number of hydrogen-bond donors (Lipinski definition) is 3. The molecule has 160 valence electrons. The van der Waals surface area contributed by atoms with E-state index in [2.05, 4.69) is 28.8 Å². The molecule has 0 rings (SSSR count). The van der Waals surface area contributed by atoms with Crippen LogP contribution in [0.3, 0.4) is 0 Å². The van der Waals surface area contributed by atoms with Crippen LogP contribution in [0.5, 0.6) is 0 Å². The lowest BCUT2D eigenvalue weighted by atomic mass is 10.0. The van der Waals surface area contributed by atoms with E-state index < -0.39 is 15.6 Å². The molecule has 0 amide bonds. The van der Waals surface area contributed by atoms with Crippen LogP contribution in [-0.2, 0) is 18.0 Å². The summed E-state index contributed by atoms with van der Waals surface area (Å²) in [6.07, 6.45) is 15.8. The van der Waals surface area contributed by atoms with Gasteiger partial charge in [-0.3, -0.25) is 4.52 Å². The summed E-state index contributed by atoms with van der Waals surface area (Å²) in [6, 6.07) is 0. The highest BCUT2D eigenvalue weighted by Crippen LogP contribution is 2.57. The molecule has 1 atom stereocenters. The van der Waals surface area contributed by atoms with Gasteiger partial charge < -0.3 is 14.7 Å². The lowest BCUT2D eigenvalue weighted by Crippen LogP contribution is -1.94. The molecule has 0 saturated carbocycles. The monoisotopic (exact) mass is 426 g/mol. The number of allylic oxidation sites excluding steroid dienone is 3. The van der Waals surface area contributed by atoms with E-state index in [1.54, 1.807) is 6.08 Å². The number of unbranched alkanes of at least 4 members (excludes halogenated alkanes) is 8. The summed E-state index contributed by atoms with van der Waals surface area (Å²) in [5.74, 6) is 0. The van der Waals surface area contributed by atoms with Crippen LogP contribution in [-0.4, -0.2) is 21.3 Å². The Hall–Kier alpha value is -0.260. The zero-order valence-corrected chi connectivity index (χ0v) is 18.6. The fourth-order valence-electron chi connectivity index (χ4n) is 2.53. The van der Waals surface area contributed by atoms with Crippen LogP contribution in [0, 0.1) is 0 Å². The van der Waals surface area contributed by atoms with E-state index in [0.717, 1.165) is 24.8 Å². The summed E-state index contributed by atoms with van der Waals surface area (Å²) in [7, 11) is -9.80. The Morgan fingerprint density at radius 3 is 1.85 bits per heavy atom. The predicted octanol–water partition coefficient (Wildman–Crippen LogP) is 6.03. The molecule has 9 heteroatoms. The van der Waals surface area contributed by atoms with Crippen LogP contribution in [0.25, 0.3) is 0 Å². The lowest BCUT2D eigenvalue weighted by molar-refractivity contribution is 0.191. The first-order valence-corrected chi connectivity index (χ1v) is 12.6. The standard InChI is InChI=1S/C18H36O7P2/c1-17(2)13-11-9-7-5-4-6-8-10-12-14-18(3)15-16-24-27(22,23)25-26(19,20)21/h13,15H,4-12,14,16H2,1-3H3,(H,22,23)(H2,19,20,21)/b18-15+. The Morgan fingerprint density at radius 2 is 1.33 bits per heavy atom. The average Bonchev–Trinajstić information content (AvgIpc) is 2.49. The van der Waals surface area contributed by atoms with Crippen molar-refractivity contribution in [3.63, 3.8) is 0 Å². The molecule has 0 aromatic rings. The molecule has 0 spiro atoms. The van der Waals surface area contributed by atoms with Gasteiger partial charge >= 0.3 is 15.6 Å². The minimum atomic E-state index is -5.06. The van der Waals surface area contributed by atoms with Gasteiger partial charge in [-0.25, -0.2) is 9.13 Å². The maximum atomic E-state index is 11.3. The van der Waals surface area contributed by atoms with Gasteiger partial charge in [-0.05, 0) is 46.5 Å². The molecule has 7 nitrogen and oxygen atoms in total. The molecule has 3 N–H and O–H groups in total. The maximum absolute atomic E-state index is 11.3. The van der Waals surface area contributed by atoms with Crippen LogP contribution < -0.4 is 0 Å². The predicted molar refractivity (Wildman–Crippen MR) is 108 cm³/mol. The quantitative estimate of drug-likeness (QED) is 0.157. The van der Waals surface area contributed by atoms with Gasteiger partial charge in [0.05, 0.1) is 6.61 Å². The number of rotatable bonds is 16. The Bertz CT molecular complexity index is 548. The van der Waals surface area contributed by atoms with Crippen LogP contribution in [0.4, 0.5) is 0 Å². The first-order chi connectivity index (χ1) is 12.5. The average molecular weight is 426 g/mol. The molecule has 0 saturated heterocycles. The van der Waals surface area contributed by atoms with Crippen LogP contribution in [0.2, 0.25) is 0 Å². The number of hydrogen-bond acceptors (Lipinski definition) is 4. The molecular formula is C18H36O7P2. The molecular weight excluding hydrogens is 390 g/mol. The molecule has 0 aliphatic carbocycles. The molecule has 0 aliphatic heterocycles. The Balaban J connectivity index is 3.64. The third-order valence-corrected chi connectivity index (χ3v) is 6.11. The van der Waals surface area contributed by atoms with Gasteiger partial charge in [0, 0.05) is 0 Å². The second-order valence-electron chi connectivity index (χ2n) is 7.04. The summed E-state index contributed by atoms with van der Waals surface area (Å²) in [5.41, 5.74) is 2.40. The Morgan fingerprint density at radius 1 is 0.815 bits per heavy atom. The van der Waals surface area contributed by atoms with Crippen molar-refractivity contribution in [2.24, 2.45) is 0 Å². The normalized spacial score (nSPS) is 14.8. The zero-order valence-electron chi connectivity index (χ0n) is 16.8. The van der Waals surface area contributed by atoms with Gasteiger partial charge in [-0.15, -0.1) is 0 Å². The SMILES string of the molecule is CC(C)=CCCCCCCCCCC/C(C)=C/COP(=O)(O)OP(=O)(O)O. The highest BCUT2D eigenvalue weighted by molar-refractivity contribution is 7.60. The van der Waals surface area contributed by atoms with E-state index in [1.165, 1.54) is 50.5 Å². The van der Waals surface area contributed by atoms with Crippen molar-refractivity contribution in [3.05, 3.63) is 23.3 Å². The van der Waals surface area contributed by atoms with Gasteiger partial charge in [0.15, 0.2) is 0 Å². The van der Waals surface area contributed by atoms with Crippen LogP contribution >= 0.6 is 15.6 Å². The van der Waals surface area contributed by atoms with Gasteiger partial charge in [0.25, 0.3) is 0 Å². The summed E-state index contributed by atoms with van der Waals surface area (Å²) in [4.78, 5) is 26.1. The fourth-order valence-corrected chi connectivity index (χ4v) is 4.06. The minimum absolute atomic E-state index is 0.230. The van der Waals surface area contributed by atoms with Crippen molar-refractivity contribution in [2.75, 3.05) is 6.61 Å². The zero-order chi connectivity index (χ0) is 20.8. The van der Waals surface area contributed by atoms with Crippen molar-refractivity contribution in [1.29, 1.82) is 0 Å². The molecule has 0 aliphatic rings. The van der Waals surface area contributed by atoms with Gasteiger partial charge in [-0.1, -0.05) is 61.8 Å². The summed E-state index contributed by atoms with van der Waals surface area (Å²) in [6.45, 7) is 5.93. The second kappa shape index (κ2) is 14.7. The van der Waals surface area contributed by atoms with E-state index in [4.69, 9.17) is 14.7 Å². The Labute approximate surface area is 163 Å². The van der Waals surface area contributed by atoms with Gasteiger partial charge in [0.2, 0.25) is 0 Å². The van der Waals surface area contributed by atoms with E-state index in [9.17, 15) is 9.13 Å². The van der Waals surface area contributed by atoms with Gasteiger partial charge in [-0.2, -0.15) is 4.31 Å². The summed E-state index contributed by atoms with van der Waals surface area (Å²) >= 11 is 0. The Kier molecular flexibility index (Phi) is 14.6. The van der Waals surface area contributed by atoms with E-state index >= 15 is 0 Å². The minimum Gasteiger partial charge on any atom is -0.302 e. The van der Waals surface area contributed by atoms with Crippen molar-refractivity contribution >= 4 is 15.6 Å². The maximum Gasteiger partial charge on any atom is 0.481 e. The van der Waals surface area contributed by atoms with E-state index in [-0.39, 0.29) is 6.61 Å². The summed E-state index contributed by atoms with van der Waals surface area (Å²) < 4.78 is 30.0. The molecule has 0 aromatic heterocycles. The molecule has 27 heavy (non-hydrogen) atoms. The third-order valence-electron chi connectivity index (χ3n) is 3.96. The van der Waals surface area contributed by atoms with Crippen molar-refractivity contribution in [3.8, 4) is 0 Å². The topological polar surface area (TPSA) is 113 Å². The third kappa shape index (κ3) is 20.3. The van der Waals surface area contributed by atoms with E-state index in [1.807, 2.05) is 6.92 Å². The van der Waals surface area contributed by atoms with E-state index in [0.29, 0.717) is 0 Å². The van der Waals surface area contributed by atoms with Crippen molar-refractivity contribution < 1.29 is 32.6 Å². The molecule has 0 heterocycles. The van der Waals surface area contributed by atoms with Gasteiger partial charge in [0.1, 0.15) is 0 Å². The molecule has 0 aromatic carbocycles. The van der Waals surface area contributed by atoms with Crippen LogP contribution in [0.1, 0.15) is 85.0 Å². The highest BCUT2D eigenvalue weighted by Gasteiger charge is 2.31. The smallest absolute Gasteiger partial charge is 0.302 e. The molecule has 0 fully saturated rings. The first-order valence-electron chi connectivity index (χ1n) is 9.55.